The SMILES string of the molecule is COc1cc(OC)cc(N2CCN(S(=O)(=O)c3ccc(Cl)cc3)C(C)C2=O)c1. The Morgan fingerprint density at radius 1 is 1.00 bits per heavy atom. The van der Waals surface area contributed by atoms with Gasteiger partial charge in [-0.25, -0.2) is 8.42 Å². The molecule has 150 valence electrons. The zero-order valence-corrected chi connectivity index (χ0v) is 17.3. The number of methoxy groups -OCH3 is 2. The van der Waals surface area contributed by atoms with E-state index in [1.165, 1.54) is 42.8 Å². The van der Waals surface area contributed by atoms with Crippen LogP contribution in [0.3, 0.4) is 0 Å². The van der Waals surface area contributed by atoms with E-state index in [1.54, 1.807) is 30.0 Å². The van der Waals surface area contributed by atoms with E-state index in [4.69, 9.17) is 21.1 Å². The van der Waals surface area contributed by atoms with Gasteiger partial charge >= 0.3 is 0 Å². The zero-order valence-electron chi connectivity index (χ0n) is 15.8. The lowest BCUT2D eigenvalue weighted by Gasteiger charge is -2.38. The Hall–Kier alpha value is -2.29. The maximum atomic E-state index is 13.0. The highest BCUT2D eigenvalue weighted by molar-refractivity contribution is 7.89. The van der Waals surface area contributed by atoms with Crippen LogP contribution >= 0.6 is 11.6 Å². The van der Waals surface area contributed by atoms with Gasteiger partial charge in [0.2, 0.25) is 15.9 Å². The fourth-order valence-electron chi connectivity index (χ4n) is 3.13. The molecule has 1 fully saturated rings. The second-order valence-corrected chi connectivity index (χ2v) is 8.63. The number of carbonyl (C=O) groups excluding carboxylic acids is 1. The molecule has 0 N–H and O–H groups in total. The van der Waals surface area contributed by atoms with E-state index in [9.17, 15) is 13.2 Å². The number of amides is 1. The molecule has 1 atom stereocenters. The summed E-state index contributed by atoms with van der Waals surface area (Å²) in [5, 5.41) is 0.444. The van der Waals surface area contributed by atoms with Crippen molar-refractivity contribution >= 4 is 33.2 Å². The first-order valence-electron chi connectivity index (χ1n) is 8.60. The van der Waals surface area contributed by atoms with Crippen molar-refractivity contribution in [1.29, 1.82) is 0 Å². The molecular formula is C19H21ClN2O5S. The molecule has 0 bridgehead atoms. The van der Waals surface area contributed by atoms with E-state index in [2.05, 4.69) is 0 Å². The molecule has 1 amide bonds. The van der Waals surface area contributed by atoms with Crippen molar-refractivity contribution in [2.45, 2.75) is 17.9 Å². The normalized spacial score (nSPS) is 18.2. The topological polar surface area (TPSA) is 76.2 Å². The molecule has 1 aliphatic rings. The number of anilines is 1. The molecule has 0 saturated carbocycles. The smallest absolute Gasteiger partial charge is 0.245 e. The second-order valence-electron chi connectivity index (χ2n) is 6.31. The number of benzene rings is 2. The number of ether oxygens (including phenoxy) is 2. The predicted octanol–water partition coefficient (Wildman–Crippen LogP) is 2.78. The Morgan fingerprint density at radius 2 is 1.57 bits per heavy atom. The van der Waals surface area contributed by atoms with Crippen LogP contribution in [0.5, 0.6) is 11.5 Å². The van der Waals surface area contributed by atoms with Gasteiger partial charge in [-0.3, -0.25) is 4.79 Å². The fourth-order valence-corrected chi connectivity index (χ4v) is 4.83. The van der Waals surface area contributed by atoms with E-state index in [0.717, 1.165) is 0 Å². The van der Waals surface area contributed by atoms with Crippen molar-refractivity contribution in [3.05, 3.63) is 47.5 Å². The molecule has 1 aliphatic heterocycles. The quantitative estimate of drug-likeness (QED) is 0.737. The summed E-state index contributed by atoms with van der Waals surface area (Å²) in [5.74, 6) is 0.774. The molecule has 0 aliphatic carbocycles. The number of nitrogens with zero attached hydrogens (tertiary/aromatic N) is 2. The van der Waals surface area contributed by atoms with E-state index in [0.29, 0.717) is 22.2 Å². The lowest BCUT2D eigenvalue weighted by molar-refractivity contribution is -0.123. The minimum atomic E-state index is -3.81. The van der Waals surface area contributed by atoms with Gasteiger partial charge in [0.1, 0.15) is 17.5 Å². The van der Waals surface area contributed by atoms with Crippen LogP contribution in [0.1, 0.15) is 6.92 Å². The van der Waals surface area contributed by atoms with E-state index in [-0.39, 0.29) is 23.9 Å². The number of sulfonamides is 1. The summed E-state index contributed by atoms with van der Waals surface area (Å²) < 4.78 is 37.7. The predicted molar refractivity (Wildman–Crippen MR) is 107 cm³/mol. The van der Waals surface area contributed by atoms with Crippen molar-refractivity contribution in [3.63, 3.8) is 0 Å². The van der Waals surface area contributed by atoms with Crippen LogP contribution in [-0.2, 0) is 14.8 Å². The number of hydrogen-bond donors (Lipinski definition) is 0. The minimum absolute atomic E-state index is 0.105. The lowest BCUT2D eigenvalue weighted by atomic mass is 10.1. The Morgan fingerprint density at radius 3 is 2.11 bits per heavy atom. The third kappa shape index (κ3) is 3.80. The average Bonchev–Trinajstić information content (AvgIpc) is 2.69. The number of hydrogen-bond acceptors (Lipinski definition) is 5. The maximum Gasteiger partial charge on any atom is 0.245 e. The van der Waals surface area contributed by atoms with Crippen molar-refractivity contribution in [2.75, 3.05) is 32.2 Å². The second kappa shape index (κ2) is 7.98. The van der Waals surface area contributed by atoms with Crippen LogP contribution in [0.4, 0.5) is 5.69 Å². The van der Waals surface area contributed by atoms with E-state index < -0.39 is 16.1 Å². The van der Waals surface area contributed by atoms with Crippen molar-refractivity contribution in [3.8, 4) is 11.5 Å². The standard InChI is InChI=1S/C19H21ClN2O5S/c1-13-19(23)21(15-10-16(26-2)12-17(11-15)27-3)8-9-22(13)28(24,25)18-6-4-14(20)5-7-18/h4-7,10-13H,8-9H2,1-3H3. The van der Waals surface area contributed by atoms with Crippen molar-refractivity contribution in [2.24, 2.45) is 0 Å². The minimum Gasteiger partial charge on any atom is -0.497 e. The van der Waals surface area contributed by atoms with E-state index >= 15 is 0 Å². The summed E-state index contributed by atoms with van der Waals surface area (Å²) in [6.45, 7) is 1.96. The summed E-state index contributed by atoms with van der Waals surface area (Å²) >= 11 is 5.85. The van der Waals surface area contributed by atoms with E-state index in [1.807, 2.05) is 0 Å². The van der Waals surface area contributed by atoms with Gasteiger partial charge in [0.15, 0.2) is 0 Å². The fraction of sp³-hybridized carbons (Fsp3) is 0.316. The molecule has 0 radical (unpaired) electrons. The molecule has 0 aromatic heterocycles. The van der Waals surface area contributed by atoms with Crippen LogP contribution in [0, 0.1) is 0 Å². The number of piperazine rings is 1. The molecule has 1 unspecified atom stereocenters. The van der Waals surface area contributed by atoms with Gasteiger partial charge in [-0.15, -0.1) is 0 Å². The van der Waals surface area contributed by atoms with Crippen molar-refractivity contribution in [1.82, 2.24) is 4.31 Å². The van der Waals surface area contributed by atoms with Crippen molar-refractivity contribution < 1.29 is 22.7 Å². The number of carbonyl (C=O) groups is 1. The van der Waals surface area contributed by atoms with Gasteiger partial charge in [-0.2, -0.15) is 4.31 Å². The van der Waals surface area contributed by atoms with Gasteiger partial charge < -0.3 is 14.4 Å². The number of halogens is 1. The first kappa shape index (κ1) is 20.4. The summed E-state index contributed by atoms with van der Waals surface area (Å²) in [7, 11) is -0.760. The summed E-state index contributed by atoms with van der Waals surface area (Å²) in [6, 6.07) is 10.2. The lowest BCUT2D eigenvalue weighted by Crippen LogP contribution is -2.57. The monoisotopic (exact) mass is 424 g/mol. The third-order valence-corrected chi connectivity index (χ3v) is 6.90. The largest absolute Gasteiger partial charge is 0.497 e. The zero-order chi connectivity index (χ0) is 20.5. The Labute approximate surface area is 169 Å². The Balaban J connectivity index is 1.89. The molecule has 0 spiro atoms. The van der Waals surface area contributed by atoms with Gasteiger partial charge in [-0.1, -0.05) is 11.6 Å². The van der Waals surface area contributed by atoms with Crippen LogP contribution in [-0.4, -0.2) is 52.0 Å². The molecule has 3 rings (SSSR count). The van der Waals surface area contributed by atoms with Gasteiger partial charge in [-0.05, 0) is 31.2 Å². The molecule has 1 saturated heterocycles. The summed E-state index contributed by atoms with van der Waals surface area (Å²) in [4.78, 5) is 14.6. The molecular weight excluding hydrogens is 404 g/mol. The van der Waals surface area contributed by atoms with Gasteiger partial charge in [0.05, 0.1) is 24.8 Å². The molecule has 28 heavy (non-hydrogen) atoms. The molecule has 1 heterocycles. The molecule has 2 aromatic carbocycles. The Bertz CT molecular complexity index is 956. The van der Waals surface area contributed by atoms with Crippen LogP contribution in [0.2, 0.25) is 5.02 Å². The summed E-state index contributed by atoms with van der Waals surface area (Å²) in [6.07, 6.45) is 0. The number of rotatable bonds is 5. The third-order valence-electron chi connectivity index (χ3n) is 4.67. The van der Waals surface area contributed by atoms with Gasteiger partial charge in [0.25, 0.3) is 0 Å². The Kier molecular flexibility index (Phi) is 5.83. The first-order chi connectivity index (χ1) is 13.3. The van der Waals surface area contributed by atoms with Crippen LogP contribution in [0.15, 0.2) is 47.4 Å². The molecule has 7 nitrogen and oxygen atoms in total. The molecule has 2 aromatic rings. The van der Waals surface area contributed by atoms with Crippen LogP contribution in [0.25, 0.3) is 0 Å². The van der Waals surface area contributed by atoms with Gasteiger partial charge in [0, 0.05) is 36.3 Å². The van der Waals surface area contributed by atoms with Crippen LogP contribution < -0.4 is 14.4 Å². The highest BCUT2D eigenvalue weighted by Crippen LogP contribution is 2.31. The average molecular weight is 425 g/mol. The highest BCUT2D eigenvalue weighted by Gasteiger charge is 2.39. The molecule has 9 heteroatoms. The first-order valence-corrected chi connectivity index (χ1v) is 10.4. The highest BCUT2D eigenvalue weighted by atomic mass is 35.5. The maximum absolute atomic E-state index is 13.0. The summed E-state index contributed by atoms with van der Waals surface area (Å²) in [5.41, 5.74) is 0.594.